The second kappa shape index (κ2) is 10.0. The third kappa shape index (κ3) is 4.83. The number of benzene rings is 2. The number of aliphatic hydroxyl groups excluding tert-OH is 1. The molecule has 0 spiro atoms. The summed E-state index contributed by atoms with van der Waals surface area (Å²) in [6, 6.07) is 12.1. The Kier molecular flexibility index (Phi) is 6.89. The zero-order chi connectivity index (χ0) is 23.4. The molecule has 7 heteroatoms. The molecule has 1 N–H and O–H groups in total. The van der Waals surface area contributed by atoms with E-state index in [0.29, 0.717) is 0 Å². The summed E-state index contributed by atoms with van der Waals surface area (Å²) >= 11 is 0. The summed E-state index contributed by atoms with van der Waals surface area (Å²) < 4.78 is 21.0. The number of amidine groups is 1. The molecule has 1 atom stereocenters. The largest absolute Gasteiger partial charge is 0.495 e. The summed E-state index contributed by atoms with van der Waals surface area (Å²) in [6.07, 6.45) is 7.68. The van der Waals surface area contributed by atoms with Gasteiger partial charge in [0.25, 0.3) is 0 Å². The van der Waals surface area contributed by atoms with Crippen LogP contribution >= 0.6 is 0 Å². The van der Waals surface area contributed by atoms with Gasteiger partial charge in [-0.05, 0) is 66.8 Å². The number of rotatable bonds is 6. The van der Waals surface area contributed by atoms with Crippen molar-refractivity contribution in [2.75, 3.05) is 27.3 Å². The van der Waals surface area contributed by atoms with Crippen LogP contribution in [0, 0.1) is 12.7 Å². The first-order valence-electron chi connectivity index (χ1n) is 11.0. The second-order valence-electron chi connectivity index (χ2n) is 8.12. The first-order chi connectivity index (χ1) is 16.0. The van der Waals surface area contributed by atoms with Gasteiger partial charge < -0.3 is 19.3 Å². The Morgan fingerprint density at radius 3 is 2.67 bits per heavy atom. The maximum atomic E-state index is 13.4. The molecule has 0 saturated carbocycles. The highest BCUT2D eigenvalue weighted by molar-refractivity contribution is 6.03. The molecule has 0 radical (unpaired) electrons. The van der Waals surface area contributed by atoms with Crippen LogP contribution in [0.1, 0.15) is 35.7 Å². The van der Waals surface area contributed by atoms with Crippen LogP contribution in [0.15, 0.2) is 65.6 Å². The number of aromatic nitrogens is 2. The summed E-state index contributed by atoms with van der Waals surface area (Å²) in [5.74, 6) is 1.31. The number of halogens is 1. The number of methoxy groups -OCH3 is 1. The maximum Gasteiger partial charge on any atom is 0.143 e. The van der Waals surface area contributed by atoms with Crippen LogP contribution in [0.4, 0.5) is 4.39 Å². The number of ether oxygens (including phenoxy) is 1. The number of aliphatic hydroxyl groups is 1. The molecule has 2 heterocycles. The maximum absolute atomic E-state index is 13.4. The van der Waals surface area contributed by atoms with E-state index in [4.69, 9.17) is 4.74 Å². The van der Waals surface area contributed by atoms with Crippen molar-refractivity contribution in [1.29, 1.82) is 0 Å². The summed E-state index contributed by atoms with van der Waals surface area (Å²) in [5.41, 5.74) is 4.83. The first kappa shape index (κ1) is 22.7. The van der Waals surface area contributed by atoms with Crippen LogP contribution in [-0.4, -0.2) is 52.7 Å². The summed E-state index contributed by atoms with van der Waals surface area (Å²) in [7, 11) is 3.43. The molecule has 3 aromatic rings. The van der Waals surface area contributed by atoms with E-state index in [0.717, 1.165) is 59.1 Å². The SMILES string of the molecule is C/N=C1\C(=C\c2ccc(-n3cnc(C)c3)c(OC)c2)CCCN1C(CO)c1ccc(F)cc1. The zero-order valence-corrected chi connectivity index (χ0v) is 19.2. The molecule has 1 aromatic heterocycles. The Bertz CT molecular complexity index is 1170. The van der Waals surface area contributed by atoms with E-state index in [1.807, 2.05) is 29.8 Å². The van der Waals surface area contributed by atoms with Crippen molar-refractivity contribution in [2.45, 2.75) is 25.8 Å². The zero-order valence-electron chi connectivity index (χ0n) is 19.2. The summed E-state index contributed by atoms with van der Waals surface area (Å²) in [4.78, 5) is 11.0. The second-order valence-corrected chi connectivity index (χ2v) is 8.12. The molecule has 0 amide bonds. The molecule has 0 aliphatic carbocycles. The monoisotopic (exact) mass is 448 g/mol. The fraction of sp³-hybridized carbons (Fsp3) is 0.308. The number of hydrogen-bond donors (Lipinski definition) is 1. The Hall–Kier alpha value is -3.45. The van der Waals surface area contributed by atoms with E-state index in [-0.39, 0.29) is 18.5 Å². The van der Waals surface area contributed by atoms with Crippen molar-refractivity contribution in [1.82, 2.24) is 14.5 Å². The molecule has 1 aliphatic heterocycles. The number of piperidine rings is 1. The van der Waals surface area contributed by atoms with E-state index in [2.05, 4.69) is 27.0 Å². The van der Waals surface area contributed by atoms with Gasteiger partial charge in [-0.3, -0.25) is 4.99 Å². The van der Waals surface area contributed by atoms with Crippen LogP contribution in [0.25, 0.3) is 11.8 Å². The minimum absolute atomic E-state index is 0.0786. The fourth-order valence-corrected chi connectivity index (χ4v) is 4.37. The molecule has 1 aliphatic rings. The quantitative estimate of drug-likeness (QED) is 0.600. The fourth-order valence-electron chi connectivity index (χ4n) is 4.37. The predicted octanol–water partition coefficient (Wildman–Crippen LogP) is 4.57. The molecule has 4 rings (SSSR count). The van der Waals surface area contributed by atoms with Gasteiger partial charge in [-0.25, -0.2) is 9.37 Å². The van der Waals surface area contributed by atoms with E-state index < -0.39 is 0 Å². The van der Waals surface area contributed by atoms with E-state index in [1.54, 1.807) is 32.6 Å². The van der Waals surface area contributed by atoms with Crippen LogP contribution in [0.2, 0.25) is 0 Å². The normalized spacial score (nSPS) is 17.5. The van der Waals surface area contributed by atoms with E-state index in [9.17, 15) is 9.50 Å². The van der Waals surface area contributed by atoms with Gasteiger partial charge >= 0.3 is 0 Å². The van der Waals surface area contributed by atoms with Gasteiger partial charge in [-0.15, -0.1) is 0 Å². The molecule has 1 unspecified atom stereocenters. The van der Waals surface area contributed by atoms with Crippen LogP contribution in [-0.2, 0) is 0 Å². The molecule has 33 heavy (non-hydrogen) atoms. The molecular weight excluding hydrogens is 419 g/mol. The molecule has 1 saturated heterocycles. The molecular formula is C26H29FN4O2. The Labute approximate surface area is 193 Å². The van der Waals surface area contributed by atoms with Gasteiger partial charge in [-0.1, -0.05) is 18.2 Å². The number of nitrogens with zero attached hydrogens (tertiary/aromatic N) is 4. The number of hydrogen-bond acceptors (Lipinski definition) is 4. The van der Waals surface area contributed by atoms with Gasteiger partial charge in [0.1, 0.15) is 17.4 Å². The Morgan fingerprint density at radius 2 is 2.03 bits per heavy atom. The highest BCUT2D eigenvalue weighted by Gasteiger charge is 2.28. The number of imidazole rings is 1. The van der Waals surface area contributed by atoms with Crippen molar-refractivity contribution >= 4 is 11.9 Å². The van der Waals surface area contributed by atoms with E-state index in [1.165, 1.54) is 12.1 Å². The molecule has 2 aromatic carbocycles. The molecule has 0 bridgehead atoms. The standard InChI is InChI=1S/C26H29FN4O2/c1-18-15-30(17-29-18)23-11-6-19(14-25(23)33-3)13-21-5-4-12-31(26(21)28-2)24(16-32)20-7-9-22(27)10-8-20/h6-11,13-15,17,24,32H,4-5,12,16H2,1-3H3/b21-13+,28-26+. The lowest BCUT2D eigenvalue weighted by molar-refractivity contribution is 0.176. The number of likely N-dealkylation sites (tertiary alicyclic amines) is 1. The Morgan fingerprint density at radius 1 is 1.24 bits per heavy atom. The van der Waals surface area contributed by atoms with Crippen molar-refractivity contribution in [3.8, 4) is 11.4 Å². The van der Waals surface area contributed by atoms with Crippen molar-refractivity contribution in [2.24, 2.45) is 4.99 Å². The van der Waals surface area contributed by atoms with Crippen LogP contribution in [0.3, 0.4) is 0 Å². The minimum Gasteiger partial charge on any atom is -0.495 e. The highest BCUT2D eigenvalue weighted by atomic mass is 19.1. The average molecular weight is 449 g/mol. The highest BCUT2D eigenvalue weighted by Crippen LogP contribution is 2.31. The Balaban J connectivity index is 1.65. The lowest BCUT2D eigenvalue weighted by atomic mass is 9.96. The van der Waals surface area contributed by atoms with Gasteiger partial charge in [0.05, 0.1) is 37.5 Å². The summed E-state index contributed by atoms with van der Waals surface area (Å²) in [6.45, 7) is 2.65. The smallest absolute Gasteiger partial charge is 0.143 e. The number of aliphatic imine (C=N–C) groups is 1. The number of aryl methyl sites for hydroxylation is 1. The molecule has 1 fully saturated rings. The molecule has 6 nitrogen and oxygen atoms in total. The summed E-state index contributed by atoms with van der Waals surface area (Å²) in [5, 5.41) is 10.2. The van der Waals surface area contributed by atoms with Gasteiger partial charge in [-0.2, -0.15) is 0 Å². The van der Waals surface area contributed by atoms with Crippen molar-refractivity contribution in [3.05, 3.63) is 83.2 Å². The van der Waals surface area contributed by atoms with Gasteiger partial charge in [0.15, 0.2) is 0 Å². The predicted molar refractivity (Wildman–Crippen MR) is 128 cm³/mol. The third-order valence-electron chi connectivity index (χ3n) is 5.95. The van der Waals surface area contributed by atoms with Crippen LogP contribution in [0.5, 0.6) is 5.75 Å². The molecule has 172 valence electrons. The van der Waals surface area contributed by atoms with Crippen LogP contribution < -0.4 is 4.74 Å². The average Bonchev–Trinajstić information content (AvgIpc) is 3.27. The van der Waals surface area contributed by atoms with Gasteiger partial charge in [0.2, 0.25) is 0 Å². The lowest BCUT2D eigenvalue weighted by Crippen LogP contribution is -2.41. The topological polar surface area (TPSA) is 62.9 Å². The third-order valence-corrected chi connectivity index (χ3v) is 5.95. The van der Waals surface area contributed by atoms with E-state index >= 15 is 0 Å². The van der Waals surface area contributed by atoms with Crippen molar-refractivity contribution in [3.63, 3.8) is 0 Å². The first-order valence-corrected chi connectivity index (χ1v) is 11.0. The van der Waals surface area contributed by atoms with Crippen molar-refractivity contribution < 1.29 is 14.2 Å². The lowest BCUT2D eigenvalue weighted by Gasteiger charge is -2.38. The van der Waals surface area contributed by atoms with Gasteiger partial charge in [0, 0.05) is 19.8 Å². The minimum atomic E-state index is -0.290.